The molecule has 28 heavy (non-hydrogen) atoms. The first-order chi connectivity index (χ1) is 13.5. The number of benzene rings is 1. The molecule has 1 N–H and O–H groups in total. The Bertz CT molecular complexity index is 1050. The highest BCUT2D eigenvalue weighted by Crippen LogP contribution is 2.20. The molecular formula is C21H21N3O4. The van der Waals surface area contributed by atoms with E-state index in [-0.39, 0.29) is 18.1 Å². The van der Waals surface area contributed by atoms with E-state index in [9.17, 15) is 9.59 Å². The number of amides is 1. The van der Waals surface area contributed by atoms with Crippen LogP contribution in [0.1, 0.15) is 24.2 Å². The van der Waals surface area contributed by atoms with Crippen LogP contribution < -0.4 is 15.8 Å². The summed E-state index contributed by atoms with van der Waals surface area (Å²) in [5.41, 5.74) is 1.16. The Morgan fingerprint density at radius 3 is 2.61 bits per heavy atom. The number of aromatic nitrogens is 1. The molecule has 0 unspecified atom stereocenters. The molecule has 7 nitrogen and oxygen atoms in total. The lowest BCUT2D eigenvalue weighted by atomic mass is 10.2. The minimum Gasteiger partial charge on any atom is -0.423 e. The number of nitrogens with one attached hydrogen (secondary N) is 1. The van der Waals surface area contributed by atoms with E-state index in [0.717, 1.165) is 24.3 Å². The molecule has 0 aliphatic carbocycles. The van der Waals surface area contributed by atoms with Crippen LogP contribution in [0.15, 0.2) is 57.9 Å². The number of ether oxygens (including phenoxy) is 1. The lowest BCUT2D eigenvalue weighted by molar-refractivity contribution is -0.00546. The molecule has 4 rings (SSSR count). The van der Waals surface area contributed by atoms with Gasteiger partial charge < -0.3 is 19.4 Å². The number of fused-ring (bicyclic) bond motifs is 1. The molecule has 0 radical (unpaired) electrons. The van der Waals surface area contributed by atoms with Crippen molar-refractivity contribution in [1.82, 2.24) is 4.98 Å². The Labute approximate surface area is 161 Å². The van der Waals surface area contributed by atoms with Crippen molar-refractivity contribution in [3.05, 3.63) is 64.6 Å². The minimum atomic E-state index is -0.403. The molecule has 1 aliphatic rings. The first kappa shape index (κ1) is 18.2. The van der Waals surface area contributed by atoms with Crippen molar-refractivity contribution < 1.29 is 13.9 Å². The molecule has 0 bridgehead atoms. The fraction of sp³-hybridized carbons (Fsp3) is 0.286. The molecule has 2 aromatic heterocycles. The third kappa shape index (κ3) is 3.89. The monoisotopic (exact) mass is 379 g/mol. The van der Waals surface area contributed by atoms with E-state index in [2.05, 4.69) is 15.2 Å². The SMILES string of the molecule is C[C@H]1CN(c2ccc(C(=O)Nc3ccc4oc(=O)ccc4c3)cn2)C[C@H](C)O1. The van der Waals surface area contributed by atoms with Gasteiger partial charge in [-0.05, 0) is 50.2 Å². The fourth-order valence-electron chi connectivity index (χ4n) is 3.43. The van der Waals surface area contributed by atoms with E-state index < -0.39 is 5.63 Å². The van der Waals surface area contributed by atoms with Gasteiger partial charge in [0.25, 0.3) is 5.91 Å². The number of pyridine rings is 1. The van der Waals surface area contributed by atoms with E-state index in [1.807, 2.05) is 19.9 Å². The number of nitrogens with zero attached hydrogens (tertiary/aromatic N) is 2. The zero-order chi connectivity index (χ0) is 19.7. The van der Waals surface area contributed by atoms with E-state index in [0.29, 0.717) is 16.8 Å². The molecule has 2 atom stereocenters. The number of anilines is 2. The minimum absolute atomic E-state index is 0.144. The smallest absolute Gasteiger partial charge is 0.336 e. The van der Waals surface area contributed by atoms with Gasteiger partial charge in [0.1, 0.15) is 11.4 Å². The van der Waals surface area contributed by atoms with Crippen molar-refractivity contribution in [3.8, 4) is 0 Å². The van der Waals surface area contributed by atoms with E-state index >= 15 is 0 Å². The van der Waals surface area contributed by atoms with Crippen LogP contribution in [0.4, 0.5) is 11.5 Å². The Morgan fingerprint density at radius 1 is 1.11 bits per heavy atom. The lowest BCUT2D eigenvalue weighted by Gasteiger charge is -2.36. The Balaban J connectivity index is 1.48. The molecule has 1 aliphatic heterocycles. The van der Waals surface area contributed by atoms with E-state index in [1.54, 1.807) is 36.5 Å². The first-order valence-electron chi connectivity index (χ1n) is 9.20. The largest absolute Gasteiger partial charge is 0.423 e. The van der Waals surface area contributed by atoms with Crippen molar-refractivity contribution in [3.63, 3.8) is 0 Å². The quantitative estimate of drug-likeness (QED) is 0.704. The second-order valence-corrected chi connectivity index (χ2v) is 7.03. The zero-order valence-electron chi connectivity index (χ0n) is 15.7. The highest BCUT2D eigenvalue weighted by molar-refractivity contribution is 6.04. The van der Waals surface area contributed by atoms with Gasteiger partial charge in [0.15, 0.2) is 0 Å². The van der Waals surface area contributed by atoms with Gasteiger partial charge in [0, 0.05) is 36.4 Å². The fourth-order valence-corrected chi connectivity index (χ4v) is 3.43. The summed E-state index contributed by atoms with van der Waals surface area (Å²) in [7, 11) is 0. The lowest BCUT2D eigenvalue weighted by Crippen LogP contribution is -2.45. The molecule has 1 aromatic carbocycles. The van der Waals surface area contributed by atoms with Crippen LogP contribution in [0, 0.1) is 0 Å². The van der Waals surface area contributed by atoms with Gasteiger partial charge in [-0.15, -0.1) is 0 Å². The van der Waals surface area contributed by atoms with Crippen molar-refractivity contribution in [1.29, 1.82) is 0 Å². The van der Waals surface area contributed by atoms with Gasteiger partial charge in [-0.1, -0.05) is 0 Å². The first-order valence-corrected chi connectivity index (χ1v) is 9.20. The predicted molar refractivity (Wildman–Crippen MR) is 107 cm³/mol. The van der Waals surface area contributed by atoms with Crippen LogP contribution in [-0.2, 0) is 4.74 Å². The summed E-state index contributed by atoms with van der Waals surface area (Å²) in [6, 6.07) is 11.8. The number of carbonyl (C=O) groups is 1. The van der Waals surface area contributed by atoms with Gasteiger partial charge >= 0.3 is 5.63 Å². The van der Waals surface area contributed by atoms with E-state index in [1.165, 1.54) is 6.07 Å². The summed E-state index contributed by atoms with van der Waals surface area (Å²) in [6.45, 7) is 5.63. The summed E-state index contributed by atoms with van der Waals surface area (Å²) < 4.78 is 10.8. The van der Waals surface area contributed by atoms with Crippen LogP contribution in [0.25, 0.3) is 11.0 Å². The number of hydrogen-bond acceptors (Lipinski definition) is 6. The Kier molecular flexibility index (Phi) is 4.83. The average molecular weight is 379 g/mol. The highest BCUT2D eigenvalue weighted by atomic mass is 16.5. The number of morpholine rings is 1. The summed E-state index contributed by atoms with van der Waals surface area (Å²) in [5, 5.41) is 3.58. The summed E-state index contributed by atoms with van der Waals surface area (Å²) in [4.78, 5) is 30.4. The normalized spacial score (nSPS) is 19.6. The van der Waals surface area contributed by atoms with Gasteiger partial charge in [0.05, 0.1) is 17.8 Å². The molecule has 1 amide bonds. The molecule has 0 spiro atoms. The summed E-state index contributed by atoms with van der Waals surface area (Å²) >= 11 is 0. The van der Waals surface area contributed by atoms with Gasteiger partial charge in [-0.2, -0.15) is 0 Å². The van der Waals surface area contributed by atoms with Gasteiger partial charge in [-0.3, -0.25) is 4.79 Å². The maximum atomic E-state index is 12.5. The van der Waals surface area contributed by atoms with Crippen molar-refractivity contribution >= 4 is 28.4 Å². The molecule has 3 aromatic rings. The van der Waals surface area contributed by atoms with Crippen molar-refractivity contribution in [2.24, 2.45) is 0 Å². The van der Waals surface area contributed by atoms with Crippen LogP contribution in [-0.4, -0.2) is 36.2 Å². The molecule has 3 heterocycles. The average Bonchev–Trinajstić information content (AvgIpc) is 2.67. The summed E-state index contributed by atoms with van der Waals surface area (Å²) in [6.07, 6.45) is 1.87. The van der Waals surface area contributed by atoms with Crippen LogP contribution in [0.5, 0.6) is 0 Å². The third-order valence-corrected chi connectivity index (χ3v) is 4.63. The maximum absolute atomic E-state index is 12.5. The van der Waals surface area contributed by atoms with Crippen LogP contribution in [0.3, 0.4) is 0 Å². The number of carbonyl (C=O) groups excluding carboxylic acids is 1. The van der Waals surface area contributed by atoms with Gasteiger partial charge in [0.2, 0.25) is 0 Å². The molecular weight excluding hydrogens is 358 g/mol. The Hall–Kier alpha value is -3.19. The van der Waals surface area contributed by atoms with Crippen molar-refractivity contribution in [2.75, 3.05) is 23.3 Å². The third-order valence-electron chi connectivity index (χ3n) is 4.63. The van der Waals surface area contributed by atoms with Crippen molar-refractivity contribution in [2.45, 2.75) is 26.1 Å². The van der Waals surface area contributed by atoms with E-state index in [4.69, 9.17) is 9.15 Å². The molecule has 7 heteroatoms. The van der Waals surface area contributed by atoms with Crippen LogP contribution in [0.2, 0.25) is 0 Å². The molecule has 1 saturated heterocycles. The Morgan fingerprint density at radius 2 is 1.89 bits per heavy atom. The number of rotatable bonds is 3. The molecule has 1 fully saturated rings. The molecule has 144 valence electrons. The zero-order valence-corrected chi connectivity index (χ0v) is 15.7. The second kappa shape index (κ2) is 7.44. The summed E-state index contributed by atoms with van der Waals surface area (Å²) in [5.74, 6) is 0.582. The molecule has 0 saturated carbocycles. The number of hydrogen-bond donors (Lipinski definition) is 1. The second-order valence-electron chi connectivity index (χ2n) is 7.03. The highest BCUT2D eigenvalue weighted by Gasteiger charge is 2.23. The standard InChI is InChI=1S/C21H21N3O4/c1-13-11-24(12-14(2)27-13)19-7-3-16(10-22-19)21(26)23-17-5-6-18-15(9-17)4-8-20(25)28-18/h3-10,13-14H,11-12H2,1-2H3,(H,23,26)/t13-,14-/m0/s1. The maximum Gasteiger partial charge on any atom is 0.336 e. The predicted octanol–water partition coefficient (Wildman–Crippen LogP) is 3.05. The van der Waals surface area contributed by atoms with Crippen LogP contribution >= 0.6 is 0 Å². The van der Waals surface area contributed by atoms with Gasteiger partial charge in [-0.25, -0.2) is 9.78 Å². The topological polar surface area (TPSA) is 84.7 Å².